The van der Waals surface area contributed by atoms with Gasteiger partial charge in [-0.25, -0.2) is 0 Å². The number of ether oxygens (including phenoxy) is 1. The summed E-state index contributed by atoms with van der Waals surface area (Å²) in [6.45, 7) is 1.78. The quantitative estimate of drug-likeness (QED) is 0.444. The van der Waals surface area contributed by atoms with Crippen LogP contribution in [-0.2, 0) is 4.79 Å². The Balaban J connectivity index is 1.62. The van der Waals surface area contributed by atoms with E-state index in [0.717, 1.165) is 5.69 Å². The fraction of sp³-hybridized carbons (Fsp3) is 0.167. The highest BCUT2D eigenvalue weighted by atomic mass is 35.5. The molecule has 10 heteroatoms. The second kappa shape index (κ2) is 9.47. The van der Waals surface area contributed by atoms with Crippen molar-refractivity contribution in [3.8, 4) is 5.75 Å². The van der Waals surface area contributed by atoms with Gasteiger partial charge in [0.1, 0.15) is 5.75 Å². The molecule has 0 bridgehead atoms. The second-order valence-corrected chi connectivity index (χ2v) is 8.98. The maximum Gasteiger partial charge on any atom is 0.237 e. The van der Waals surface area contributed by atoms with E-state index in [4.69, 9.17) is 27.9 Å². The first-order chi connectivity index (χ1) is 13.5. The smallest absolute Gasteiger partial charge is 0.237 e. The fourth-order valence-corrected chi connectivity index (χ4v) is 4.45. The highest BCUT2D eigenvalue weighted by molar-refractivity contribution is 8.02. The fourth-order valence-electron chi connectivity index (χ4n) is 2.20. The van der Waals surface area contributed by atoms with Crippen molar-refractivity contribution in [3.05, 3.63) is 52.5 Å². The molecule has 1 atom stereocenters. The number of nitrogens with one attached hydrogen (secondary N) is 2. The number of halogens is 2. The molecule has 2 aromatic carbocycles. The summed E-state index contributed by atoms with van der Waals surface area (Å²) in [5, 5.41) is 15.3. The molecule has 1 amide bonds. The maximum atomic E-state index is 12.5. The van der Waals surface area contributed by atoms with Crippen LogP contribution < -0.4 is 15.4 Å². The Morgan fingerprint density at radius 2 is 1.96 bits per heavy atom. The van der Waals surface area contributed by atoms with Crippen LogP contribution in [0.4, 0.5) is 16.5 Å². The zero-order valence-electron chi connectivity index (χ0n) is 14.9. The number of hydrogen-bond acceptors (Lipinski definition) is 7. The zero-order chi connectivity index (χ0) is 20.1. The summed E-state index contributed by atoms with van der Waals surface area (Å²) in [5.74, 6) is 0.502. The Morgan fingerprint density at radius 3 is 2.75 bits per heavy atom. The van der Waals surface area contributed by atoms with Gasteiger partial charge in [0.05, 0.1) is 28.8 Å². The van der Waals surface area contributed by atoms with Gasteiger partial charge in [-0.3, -0.25) is 4.79 Å². The summed E-state index contributed by atoms with van der Waals surface area (Å²) >= 11 is 14.7. The number of thioether (sulfide) groups is 1. The summed E-state index contributed by atoms with van der Waals surface area (Å²) in [6.07, 6.45) is 0. The number of carbonyl (C=O) groups excluding carboxylic acids is 1. The van der Waals surface area contributed by atoms with Gasteiger partial charge >= 0.3 is 0 Å². The van der Waals surface area contributed by atoms with Crippen LogP contribution in [0.5, 0.6) is 5.75 Å². The van der Waals surface area contributed by atoms with Crippen LogP contribution in [0.25, 0.3) is 0 Å². The van der Waals surface area contributed by atoms with E-state index in [1.807, 2.05) is 24.3 Å². The highest BCUT2D eigenvalue weighted by Crippen LogP contribution is 2.33. The molecule has 3 rings (SSSR count). The van der Waals surface area contributed by atoms with Crippen LogP contribution in [0.2, 0.25) is 10.0 Å². The number of methoxy groups -OCH3 is 1. The molecule has 28 heavy (non-hydrogen) atoms. The van der Waals surface area contributed by atoms with Crippen LogP contribution in [0, 0.1) is 0 Å². The van der Waals surface area contributed by atoms with E-state index in [9.17, 15) is 4.79 Å². The van der Waals surface area contributed by atoms with E-state index in [-0.39, 0.29) is 5.91 Å². The number of amides is 1. The second-order valence-electron chi connectivity index (χ2n) is 5.57. The minimum Gasteiger partial charge on any atom is -0.495 e. The molecule has 1 aromatic heterocycles. The lowest BCUT2D eigenvalue weighted by Crippen LogP contribution is -2.22. The van der Waals surface area contributed by atoms with Crippen molar-refractivity contribution < 1.29 is 9.53 Å². The Kier molecular flexibility index (Phi) is 7.01. The Hall–Kier alpha value is -2.00. The molecule has 0 aliphatic heterocycles. The largest absolute Gasteiger partial charge is 0.495 e. The Bertz CT molecular complexity index is 984. The predicted molar refractivity (Wildman–Crippen MR) is 117 cm³/mol. The Morgan fingerprint density at radius 1 is 1.18 bits per heavy atom. The number of benzene rings is 2. The summed E-state index contributed by atoms with van der Waals surface area (Å²) < 4.78 is 5.97. The third-order valence-corrected chi connectivity index (χ3v) is 6.18. The van der Waals surface area contributed by atoms with Crippen LogP contribution in [0.3, 0.4) is 0 Å². The molecule has 2 N–H and O–H groups in total. The topological polar surface area (TPSA) is 76.1 Å². The van der Waals surface area contributed by atoms with Crippen LogP contribution in [-0.4, -0.2) is 28.5 Å². The molecule has 1 heterocycles. The molecule has 0 spiro atoms. The molecule has 0 aliphatic carbocycles. The predicted octanol–water partition coefficient (Wildman–Crippen LogP) is 5.72. The van der Waals surface area contributed by atoms with Crippen molar-refractivity contribution in [1.29, 1.82) is 0 Å². The van der Waals surface area contributed by atoms with Gasteiger partial charge in [-0.1, -0.05) is 58.4 Å². The first-order valence-corrected chi connectivity index (χ1v) is 10.6. The van der Waals surface area contributed by atoms with E-state index < -0.39 is 5.25 Å². The molecule has 0 saturated carbocycles. The molecular weight excluding hydrogens is 439 g/mol. The molecule has 0 fully saturated rings. The van der Waals surface area contributed by atoms with Gasteiger partial charge < -0.3 is 15.4 Å². The molecule has 3 aromatic rings. The lowest BCUT2D eigenvalue weighted by molar-refractivity contribution is -0.115. The SMILES string of the molecule is COc1ccccc1Nc1nnc(SC(C)C(=O)Nc2cc(Cl)ccc2Cl)s1. The standard InChI is InChI=1S/C18H16Cl2N4O2S2/c1-10(16(25)21-14-9-11(19)7-8-12(14)20)27-18-24-23-17(28-18)22-13-5-3-4-6-15(13)26-2/h3-10H,1-2H3,(H,21,25)(H,22,23). The van der Waals surface area contributed by atoms with Crippen LogP contribution in [0.1, 0.15) is 6.92 Å². The number of anilines is 3. The van der Waals surface area contributed by atoms with Crippen molar-refractivity contribution in [2.75, 3.05) is 17.7 Å². The summed E-state index contributed by atoms with van der Waals surface area (Å²) in [5.41, 5.74) is 1.27. The normalized spacial score (nSPS) is 11.7. The van der Waals surface area contributed by atoms with Crippen LogP contribution >= 0.6 is 46.3 Å². The van der Waals surface area contributed by atoms with E-state index in [0.29, 0.717) is 31.0 Å². The average molecular weight is 455 g/mol. The number of aromatic nitrogens is 2. The van der Waals surface area contributed by atoms with E-state index >= 15 is 0 Å². The van der Waals surface area contributed by atoms with Crippen LogP contribution in [0.15, 0.2) is 46.8 Å². The summed E-state index contributed by atoms with van der Waals surface area (Å²) in [7, 11) is 1.61. The molecule has 146 valence electrons. The van der Waals surface area contributed by atoms with E-state index in [2.05, 4.69) is 20.8 Å². The summed E-state index contributed by atoms with van der Waals surface area (Å²) in [6, 6.07) is 12.4. The molecular formula is C18H16Cl2N4O2S2. The van der Waals surface area contributed by atoms with E-state index in [1.54, 1.807) is 32.2 Å². The first-order valence-electron chi connectivity index (χ1n) is 8.12. The minimum atomic E-state index is -0.401. The van der Waals surface area contributed by atoms with E-state index in [1.165, 1.54) is 23.1 Å². The van der Waals surface area contributed by atoms with Crippen molar-refractivity contribution >= 4 is 68.7 Å². The van der Waals surface area contributed by atoms with Gasteiger partial charge in [-0.2, -0.15) is 0 Å². The van der Waals surface area contributed by atoms with Gasteiger partial charge in [-0.05, 0) is 37.3 Å². The summed E-state index contributed by atoms with van der Waals surface area (Å²) in [4.78, 5) is 12.5. The van der Waals surface area contributed by atoms with Gasteiger partial charge in [0, 0.05) is 5.02 Å². The number of rotatable bonds is 7. The lowest BCUT2D eigenvalue weighted by atomic mass is 10.3. The average Bonchev–Trinajstić information content (AvgIpc) is 3.11. The molecule has 1 unspecified atom stereocenters. The lowest BCUT2D eigenvalue weighted by Gasteiger charge is -2.11. The monoisotopic (exact) mass is 454 g/mol. The van der Waals surface area contributed by atoms with Crippen molar-refractivity contribution in [1.82, 2.24) is 10.2 Å². The van der Waals surface area contributed by atoms with Gasteiger partial charge in [0.15, 0.2) is 4.34 Å². The third-order valence-electron chi connectivity index (χ3n) is 3.59. The molecule has 6 nitrogen and oxygen atoms in total. The van der Waals surface area contributed by atoms with Gasteiger partial charge in [0.2, 0.25) is 11.0 Å². The van der Waals surface area contributed by atoms with Gasteiger partial charge in [-0.15, -0.1) is 10.2 Å². The molecule has 0 aliphatic rings. The maximum absolute atomic E-state index is 12.5. The first kappa shape index (κ1) is 20.7. The number of para-hydroxylation sites is 2. The van der Waals surface area contributed by atoms with Gasteiger partial charge in [0.25, 0.3) is 0 Å². The minimum absolute atomic E-state index is 0.205. The molecule has 0 radical (unpaired) electrons. The number of carbonyl (C=O) groups is 1. The van der Waals surface area contributed by atoms with Crippen molar-refractivity contribution in [3.63, 3.8) is 0 Å². The number of nitrogens with zero attached hydrogens (tertiary/aromatic N) is 2. The number of hydrogen-bond donors (Lipinski definition) is 2. The van der Waals surface area contributed by atoms with Crippen molar-refractivity contribution in [2.45, 2.75) is 16.5 Å². The highest BCUT2D eigenvalue weighted by Gasteiger charge is 2.18. The van der Waals surface area contributed by atoms with Crippen molar-refractivity contribution in [2.24, 2.45) is 0 Å². The zero-order valence-corrected chi connectivity index (χ0v) is 18.0. The molecule has 0 saturated heterocycles. The Labute approximate surface area is 180 Å². The third kappa shape index (κ3) is 5.29.